The van der Waals surface area contributed by atoms with Crippen LogP contribution < -0.4 is 5.46 Å². The lowest BCUT2D eigenvalue weighted by Crippen LogP contribution is -2.41. The van der Waals surface area contributed by atoms with E-state index in [0.717, 1.165) is 38.5 Å². The summed E-state index contributed by atoms with van der Waals surface area (Å²) in [5.41, 5.74) is 4.48. The van der Waals surface area contributed by atoms with E-state index in [2.05, 4.69) is 18.2 Å². The van der Waals surface area contributed by atoms with Gasteiger partial charge in [-0.2, -0.15) is 0 Å². The molecule has 1 aromatic heterocycles. The van der Waals surface area contributed by atoms with Gasteiger partial charge in [-0.3, -0.25) is 0 Å². The number of rotatable bonds is 2. The summed E-state index contributed by atoms with van der Waals surface area (Å²) < 4.78 is 45.8. The standard InChI is InChI=1S/C30H25BO5S/c1-29(2)30(3,4)36-31(35-29)23-9-7-11-27-28(23)22-16-18(13-15-26(22)37(27,32)33)19-12-14-21-20-8-5-6-10-24(20)34-25(21)17-19/h5-17H,1-4H3. The van der Waals surface area contributed by atoms with E-state index in [0.29, 0.717) is 20.9 Å². The van der Waals surface area contributed by atoms with Crippen LogP contribution in [-0.2, 0) is 19.1 Å². The van der Waals surface area contributed by atoms with Gasteiger partial charge < -0.3 is 13.7 Å². The van der Waals surface area contributed by atoms with Gasteiger partial charge >= 0.3 is 7.12 Å². The molecule has 1 saturated heterocycles. The molecule has 2 aliphatic heterocycles. The van der Waals surface area contributed by atoms with Crippen molar-refractivity contribution >= 4 is 44.4 Å². The number of fused-ring (bicyclic) bond motifs is 6. The van der Waals surface area contributed by atoms with Crippen LogP contribution in [0.5, 0.6) is 0 Å². The molecular weight excluding hydrogens is 483 g/mol. The van der Waals surface area contributed by atoms with Crippen LogP contribution in [0.15, 0.2) is 93.1 Å². The van der Waals surface area contributed by atoms with Crippen molar-refractivity contribution < 1.29 is 22.1 Å². The van der Waals surface area contributed by atoms with Crippen LogP contribution in [-0.4, -0.2) is 26.7 Å². The molecule has 0 amide bonds. The van der Waals surface area contributed by atoms with Crippen molar-refractivity contribution in [1.29, 1.82) is 0 Å². The van der Waals surface area contributed by atoms with Crippen LogP contribution in [0.25, 0.3) is 44.2 Å². The molecule has 37 heavy (non-hydrogen) atoms. The first kappa shape index (κ1) is 22.8. The van der Waals surface area contributed by atoms with Gasteiger partial charge in [-0.05, 0) is 80.7 Å². The van der Waals surface area contributed by atoms with E-state index in [1.807, 2.05) is 70.2 Å². The fourth-order valence-corrected chi connectivity index (χ4v) is 7.08. The molecule has 0 spiro atoms. The van der Waals surface area contributed by atoms with Crippen molar-refractivity contribution in [3.05, 3.63) is 78.9 Å². The van der Waals surface area contributed by atoms with Crippen molar-refractivity contribution in [2.24, 2.45) is 0 Å². The first-order valence-electron chi connectivity index (χ1n) is 12.4. The van der Waals surface area contributed by atoms with Crippen LogP contribution in [0.1, 0.15) is 27.7 Å². The minimum Gasteiger partial charge on any atom is -0.456 e. The van der Waals surface area contributed by atoms with Gasteiger partial charge in [0.25, 0.3) is 0 Å². The lowest BCUT2D eigenvalue weighted by Gasteiger charge is -2.32. The van der Waals surface area contributed by atoms with E-state index in [-0.39, 0.29) is 0 Å². The molecule has 2 aliphatic rings. The first-order chi connectivity index (χ1) is 17.6. The Hall–Kier alpha value is -3.39. The fraction of sp³-hybridized carbons (Fsp3) is 0.200. The molecule has 0 aliphatic carbocycles. The zero-order valence-corrected chi connectivity index (χ0v) is 21.8. The molecule has 0 saturated carbocycles. The smallest absolute Gasteiger partial charge is 0.456 e. The van der Waals surface area contributed by atoms with Gasteiger partial charge in [0.2, 0.25) is 9.84 Å². The Morgan fingerprint density at radius 3 is 2.14 bits per heavy atom. The Balaban J connectivity index is 1.39. The summed E-state index contributed by atoms with van der Waals surface area (Å²) in [6.45, 7) is 7.97. The van der Waals surface area contributed by atoms with Gasteiger partial charge in [-0.25, -0.2) is 8.42 Å². The number of hydrogen-bond acceptors (Lipinski definition) is 5. The van der Waals surface area contributed by atoms with Crippen molar-refractivity contribution in [2.45, 2.75) is 48.7 Å². The molecule has 5 nitrogen and oxygen atoms in total. The summed E-state index contributed by atoms with van der Waals surface area (Å²) in [6, 6.07) is 25.0. The largest absolute Gasteiger partial charge is 0.495 e. The van der Waals surface area contributed by atoms with E-state index in [1.54, 1.807) is 18.2 Å². The third kappa shape index (κ3) is 3.14. The average molecular weight is 508 g/mol. The highest BCUT2D eigenvalue weighted by Crippen LogP contribution is 2.46. The van der Waals surface area contributed by atoms with Crippen LogP contribution in [0.3, 0.4) is 0 Å². The Morgan fingerprint density at radius 2 is 1.35 bits per heavy atom. The second-order valence-corrected chi connectivity index (χ2v) is 12.7. The van der Waals surface area contributed by atoms with Gasteiger partial charge in [-0.1, -0.05) is 42.5 Å². The quantitative estimate of drug-likeness (QED) is 0.255. The van der Waals surface area contributed by atoms with Crippen LogP contribution in [0, 0.1) is 0 Å². The number of sulfone groups is 1. The van der Waals surface area contributed by atoms with E-state index < -0.39 is 28.2 Å². The van der Waals surface area contributed by atoms with Crippen LogP contribution in [0.2, 0.25) is 0 Å². The second-order valence-electron chi connectivity index (χ2n) is 10.8. The van der Waals surface area contributed by atoms with Crippen LogP contribution in [0.4, 0.5) is 0 Å². The molecule has 1 fully saturated rings. The predicted octanol–water partition coefficient (Wildman–Crippen LogP) is 6.37. The number of para-hydroxylation sites is 1. The van der Waals surface area contributed by atoms with Crippen molar-refractivity contribution in [3.8, 4) is 22.3 Å². The lowest BCUT2D eigenvalue weighted by molar-refractivity contribution is 0.00578. The van der Waals surface area contributed by atoms with Crippen molar-refractivity contribution in [2.75, 3.05) is 0 Å². The molecule has 0 N–H and O–H groups in total. The first-order valence-corrected chi connectivity index (χ1v) is 13.8. The molecule has 5 aromatic rings. The van der Waals surface area contributed by atoms with Gasteiger partial charge in [0.05, 0.1) is 21.0 Å². The highest BCUT2D eigenvalue weighted by Gasteiger charge is 2.53. The molecule has 7 heteroatoms. The Labute approximate surface area is 216 Å². The molecule has 184 valence electrons. The third-order valence-corrected chi connectivity index (χ3v) is 9.96. The number of furan rings is 1. The number of hydrogen-bond donors (Lipinski definition) is 0. The van der Waals surface area contributed by atoms with E-state index >= 15 is 0 Å². The topological polar surface area (TPSA) is 65.7 Å². The Bertz CT molecular complexity index is 1850. The molecule has 3 heterocycles. The summed E-state index contributed by atoms with van der Waals surface area (Å²) in [5.74, 6) is 0. The zero-order chi connectivity index (χ0) is 25.7. The molecule has 0 radical (unpaired) electrons. The second kappa shape index (κ2) is 7.35. The molecular formula is C30H25BO5S. The third-order valence-electron chi connectivity index (χ3n) is 8.11. The minimum absolute atomic E-state index is 0.291. The highest BCUT2D eigenvalue weighted by molar-refractivity contribution is 7.92. The van der Waals surface area contributed by atoms with Gasteiger partial charge in [-0.15, -0.1) is 0 Å². The summed E-state index contributed by atoms with van der Waals surface area (Å²) in [4.78, 5) is 0.597. The monoisotopic (exact) mass is 508 g/mol. The summed E-state index contributed by atoms with van der Waals surface area (Å²) in [7, 11) is -4.32. The van der Waals surface area contributed by atoms with E-state index in [9.17, 15) is 8.42 Å². The maximum Gasteiger partial charge on any atom is 0.495 e. The SMILES string of the molecule is CC1(C)OB(c2cccc3c2-c2cc(-c4ccc5c(c4)oc4ccccc45)ccc2S3(=O)=O)OC1(C)C. The molecule has 7 rings (SSSR count). The molecule has 0 bridgehead atoms. The van der Waals surface area contributed by atoms with E-state index in [4.69, 9.17) is 13.7 Å². The average Bonchev–Trinajstić information content (AvgIpc) is 3.43. The van der Waals surface area contributed by atoms with Gasteiger partial charge in [0, 0.05) is 21.9 Å². The molecule has 4 aromatic carbocycles. The summed E-state index contributed by atoms with van der Waals surface area (Å²) in [5, 5.41) is 2.13. The predicted molar refractivity (Wildman–Crippen MR) is 146 cm³/mol. The zero-order valence-electron chi connectivity index (χ0n) is 21.0. The minimum atomic E-state index is -3.66. The lowest BCUT2D eigenvalue weighted by atomic mass is 9.74. The van der Waals surface area contributed by atoms with Crippen LogP contribution >= 0.6 is 0 Å². The summed E-state index contributed by atoms with van der Waals surface area (Å²) in [6.07, 6.45) is 0. The van der Waals surface area contributed by atoms with E-state index in [1.165, 1.54) is 0 Å². The Morgan fingerprint density at radius 1 is 0.676 bits per heavy atom. The normalized spacial score (nSPS) is 18.9. The van der Waals surface area contributed by atoms with Crippen molar-refractivity contribution in [1.82, 2.24) is 0 Å². The maximum atomic E-state index is 13.5. The highest BCUT2D eigenvalue weighted by atomic mass is 32.2. The van der Waals surface area contributed by atoms with Gasteiger partial charge in [0.15, 0.2) is 0 Å². The van der Waals surface area contributed by atoms with Gasteiger partial charge in [0.1, 0.15) is 11.2 Å². The Kier molecular flexibility index (Phi) is 4.52. The molecule has 0 unspecified atom stereocenters. The summed E-state index contributed by atoms with van der Waals surface area (Å²) >= 11 is 0. The number of benzene rings is 4. The fourth-order valence-electron chi connectivity index (χ4n) is 5.39. The van der Waals surface area contributed by atoms with Crippen molar-refractivity contribution in [3.63, 3.8) is 0 Å². The molecule has 0 atom stereocenters. The maximum absolute atomic E-state index is 13.5.